The van der Waals surface area contributed by atoms with E-state index in [0.29, 0.717) is 15.9 Å². The first-order valence-electron chi connectivity index (χ1n) is 5.88. The van der Waals surface area contributed by atoms with E-state index >= 15 is 0 Å². The molecule has 0 saturated carbocycles. The topological polar surface area (TPSA) is 57.0 Å². The van der Waals surface area contributed by atoms with Crippen LogP contribution in [0.4, 0.5) is 4.53 Å². The maximum atomic E-state index is 12.3. The van der Waals surface area contributed by atoms with E-state index < -0.39 is 11.5 Å². The van der Waals surface area contributed by atoms with Crippen molar-refractivity contribution in [3.8, 4) is 11.4 Å². The molecule has 7 heteroatoms. The number of carbonyl (C=O) groups excluding carboxylic acids is 1. The largest absolute Gasteiger partial charge is 0.383 e. The Kier molecular flexibility index (Phi) is 3.89. The number of aromatic nitrogens is 3. The number of rotatable bonds is 2. The van der Waals surface area contributed by atoms with Gasteiger partial charge in [0, 0.05) is 15.2 Å². The molecule has 0 radical (unpaired) electrons. The summed E-state index contributed by atoms with van der Waals surface area (Å²) in [6.45, 7) is 5.76. The van der Waals surface area contributed by atoms with Crippen molar-refractivity contribution >= 4 is 21.9 Å². The van der Waals surface area contributed by atoms with Crippen LogP contribution < -0.4 is 0 Å². The fraction of sp³-hybridized carbons (Fsp3) is 0.308. The van der Waals surface area contributed by atoms with E-state index in [1.54, 1.807) is 23.0 Å². The number of hydrogen-bond donors (Lipinski definition) is 0. The second-order valence-electron chi connectivity index (χ2n) is 5.19. The Morgan fingerprint density at radius 2 is 2.15 bits per heavy atom. The van der Waals surface area contributed by atoms with E-state index in [9.17, 15) is 9.32 Å². The van der Waals surface area contributed by atoms with Gasteiger partial charge in [-0.2, -0.15) is 5.10 Å². The number of nitrogens with zero attached hydrogens (tertiary/aromatic N) is 3. The third kappa shape index (κ3) is 2.58. The number of hydrogen-bond acceptors (Lipinski definition) is 4. The van der Waals surface area contributed by atoms with Crippen LogP contribution in [0.5, 0.6) is 0 Å². The molecule has 2 rings (SSSR count). The first-order chi connectivity index (χ1) is 9.36. The SMILES string of the molecule is CC(C)(C)n1ncc(C(=O)OF)c1-c1ncccc1Br. The summed E-state index contributed by atoms with van der Waals surface area (Å²) in [7, 11) is 0. The first-order valence-corrected chi connectivity index (χ1v) is 6.68. The average molecular weight is 342 g/mol. The number of pyridine rings is 1. The van der Waals surface area contributed by atoms with Gasteiger partial charge in [-0.25, -0.2) is 9.74 Å². The van der Waals surface area contributed by atoms with Gasteiger partial charge in [0.2, 0.25) is 0 Å². The molecule has 0 amide bonds. The van der Waals surface area contributed by atoms with Crippen LogP contribution in [0, 0.1) is 0 Å². The van der Waals surface area contributed by atoms with E-state index in [4.69, 9.17) is 0 Å². The van der Waals surface area contributed by atoms with Crippen LogP contribution >= 0.6 is 15.9 Å². The van der Waals surface area contributed by atoms with Crippen LogP contribution in [0.3, 0.4) is 0 Å². The van der Waals surface area contributed by atoms with Crippen LogP contribution in [0.1, 0.15) is 31.1 Å². The Labute approximate surface area is 123 Å². The summed E-state index contributed by atoms with van der Waals surface area (Å²) in [5.74, 6) is -1.09. The average Bonchev–Trinajstić information content (AvgIpc) is 2.82. The van der Waals surface area contributed by atoms with Crippen molar-refractivity contribution in [2.75, 3.05) is 0 Å². The van der Waals surface area contributed by atoms with Crippen molar-refractivity contribution in [1.82, 2.24) is 14.8 Å². The zero-order valence-corrected chi connectivity index (χ0v) is 12.8. The molecule has 2 aromatic rings. The van der Waals surface area contributed by atoms with Crippen molar-refractivity contribution in [1.29, 1.82) is 0 Å². The normalized spacial score (nSPS) is 11.4. The van der Waals surface area contributed by atoms with Crippen molar-refractivity contribution in [3.63, 3.8) is 0 Å². The van der Waals surface area contributed by atoms with E-state index in [1.165, 1.54) is 6.20 Å². The molecule has 0 aliphatic rings. The summed E-state index contributed by atoms with van der Waals surface area (Å²) in [5.41, 5.74) is 0.538. The molecule has 0 N–H and O–H groups in total. The summed E-state index contributed by atoms with van der Waals surface area (Å²) in [6, 6.07) is 3.53. The molecule has 0 fully saturated rings. The molecular weight excluding hydrogens is 329 g/mol. The molecule has 0 aromatic carbocycles. The summed E-state index contributed by atoms with van der Waals surface area (Å²) >= 11 is 3.37. The summed E-state index contributed by atoms with van der Waals surface area (Å²) in [5, 5.41) is 4.16. The number of carbonyl (C=O) groups is 1. The zero-order chi connectivity index (χ0) is 14.9. The molecule has 0 saturated heterocycles. The van der Waals surface area contributed by atoms with Gasteiger partial charge in [0.15, 0.2) is 0 Å². The lowest BCUT2D eigenvalue weighted by molar-refractivity contribution is -0.0787. The van der Waals surface area contributed by atoms with Crippen molar-refractivity contribution in [2.24, 2.45) is 0 Å². The lowest BCUT2D eigenvalue weighted by atomic mass is 10.1. The molecule has 0 aliphatic carbocycles. The van der Waals surface area contributed by atoms with Gasteiger partial charge in [0.05, 0.1) is 11.7 Å². The molecule has 0 atom stereocenters. The van der Waals surface area contributed by atoms with Gasteiger partial charge in [-0.3, -0.25) is 9.67 Å². The van der Waals surface area contributed by atoms with Gasteiger partial charge in [-0.05, 0) is 48.8 Å². The predicted molar refractivity (Wildman–Crippen MR) is 74.7 cm³/mol. The van der Waals surface area contributed by atoms with Crippen LogP contribution in [-0.2, 0) is 10.5 Å². The third-order valence-electron chi connectivity index (χ3n) is 2.68. The second-order valence-corrected chi connectivity index (χ2v) is 6.04. The van der Waals surface area contributed by atoms with Crippen LogP contribution in [-0.4, -0.2) is 20.7 Å². The van der Waals surface area contributed by atoms with Crippen molar-refractivity contribution < 1.29 is 14.3 Å². The van der Waals surface area contributed by atoms with Crippen LogP contribution in [0.15, 0.2) is 29.0 Å². The van der Waals surface area contributed by atoms with Crippen LogP contribution in [0.25, 0.3) is 11.4 Å². The van der Waals surface area contributed by atoms with E-state index in [2.05, 4.69) is 31.0 Å². The molecular formula is C13H13BrFN3O2. The minimum Gasteiger partial charge on any atom is -0.257 e. The highest BCUT2D eigenvalue weighted by molar-refractivity contribution is 9.10. The van der Waals surface area contributed by atoms with Gasteiger partial charge in [-0.15, -0.1) is 0 Å². The van der Waals surface area contributed by atoms with Gasteiger partial charge in [0.25, 0.3) is 0 Å². The summed E-state index contributed by atoms with van der Waals surface area (Å²) in [6.07, 6.45) is 2.87. The summed E-state index contributed by atoms with van der Waals surface area (Å²) < 4.78 is 14.6. The third-order valence-corrected chi connectivity index (χ3v) is 3.32. The molecule has 0 bridgehead atoms. The molecule has 2 aromatic heterocycles. The molecule has 106 valence electrons. The minimum absolute atomic E-state index is 0.0295. The zero-order valence-electron chi connectivity index (χ0n) is 11.2. The Morgan fingerprint density at radius 3 is 2.70 bits per heavy atom. The maximum absolute atomic E-state index is 12.3. The van der Waals surface area contributed by atoms with Crippen molar-refractivity contribution in [2.45, 2.75) is 26.3 Å². The monoisotopic (exact) mass is 341 g/mol. The molecule has 0 spiro atoms. The fourth-order valence-corrected chi connectivity index (χ4v) is 2.28. The second kappa shape index (κ2) is 5.32. The standard InChI is InChI=1S/C13H13BrFN3O2/c1-13(2,3)18-11(8(7-17-18)12(19)20-15)10-9(14)5-4-6-16-10/h4-7H,1-3H3. The first kappa shape index (κ1) is 14.6. The molecule has 5 nitrogen and oxygen atoms in total. The summed E-state index contributed by atoms with van der Waals surface area (Å²) in [4.78, 5) is 19.1. The highest BCUT2D eigenvalue weighted by Gasteiger charge is 2.28. The smallest absolute Gasteiger partial charge is 0.257 e. The van der Waals surface area contributed by atoms with Crippen LogP contribution in [0.2, 0.25) is 0 Å². The van der Waals surface area contributed by atoms with E-state index in [0.717, 1.165) is 0 Å². The highest BCUT2D eigenvalue weighted by Crippen LogP contribution is 2.32. The molecule has 0 aliphatic heterocycles. The van der Waals surface area contributed by atoms with E-state index in [1.807, 2.05) is 20.8 Å². The van der Waals surface area contributed by atoms with Gasteiger partial charge in [0.1, 0.15) is 17.0 Å². The lowest BCUT2D eigenvalue weighted by Crippen LogP contribution is -2.24. The van der Waals surface area contributed by atoms with E-state index in [-0.39, 0.29) is 5.56 Å². The Hall–Kier alpha value is -1.76. The lowest BCUT2D eigenvalue weighted by Gasteiger charge is -2.22. The Balaban J connectivity index is 2.74. The maximum Gasteiger partial charge on any atom is 0.383 e. The Morgan fingerprint density at radius 1 is 1.45 bits per heavy atom. The molecule has 20 heavy (non-hydrogen) atoms. The van der Waals surface area contributed by atoms with Crippen molar-refractivity contribution in [3.05, 3.63) is 34.6 Å². The molecule has 0 unspecified atom stereocenters. The highest BCUT2D eigenvalue weighted by atomic mass is 79.9. The van der Waals surface area contributed by atoms with Gasteiger partial charge >= 0.3 is 5.97 Å². The van der Waals surface area contributed by atoms with Gasteiger partial charge < -0.3 is 0 Å². The minimum atomic E-state index is -1.09. The number of halogens is 2. The fourth-order valence-electron chi connectivity index (χ4n) is 1.84. The predicted octanol–water partition coefficient (Wildman–Crippen LogP) is 3.50. The quantitative estimate of drug-likeness (QED) is 0.838. The van der Waals surface area contributed by atoms with Gasteiger partial charge in [-0.1, -0.05) is 0 Å². The Bertz CT molecular complexity index is 649. The molecule has 2 heterocycles.